The highest BCUT2D eigenvalue weighted by molar-refractivity contribution is 5.81. The summed E-state index contributed by atoms with van der Waals surface area (Å²) in [5, 5.41) is 0. The van der Waals surface area contributed by atoms with E-state index in [9.17, 15) is 4.79 Å². The first-order chi connectivity index (χ1) is 10.1. The highest BCUT2D eigenvalue weighted by atomic mass is 16.2. The van der Waals surface area contributed by atoms with Crippen molar-refractivity contribution in [1.29, 1.82) is 0 Å². The number of carbonyl (C=O) groups excluding carboxylic acids is 1. The summed E-state index contributed by atoms with van der Waals surface area (Å²) in [5.74, 6) is 2.79. The fourth-order valence-corrected chi connectivity index (χ4v) is 3.57. The SMILES string of the molecule is CCCc1cnc(C)nc1N1C[C@H]2CCN(C)C(=O)[C@H]2C1. The van der Waals surface area contributed by atoms with E-state index in [1.54, 1.807) is 0 Å². The molecule has 2 aliphatic rings. The Hall–Kier alpha value is -1.65. The second kappa shape index (κ2) is 5.62. The van der Waals surface area contributed by atoms with E-state index in [-0.39, 0.29) is 5.92 Å². The molecular weight excluding hydrogens is 264 g/mol. The summed E-state index contributed by atoms with van der Waals surface area (Å²) in [6, 6.07) is 0. The lowest BCUT2D eigenvalue weighted by Gasteiger charge is -2.30. The molecule has 1 aromatic rings. The normalized spacial score (nSPS) is 25.4. The highest BCUT2D eigenvalue weighted by Crippen LogP contribution is 2.35. The molecule has 0 bridgehead atoms. The lowest BCUT2D eigenvalue weighted by molar-refractivity contribution is -0.137. The zero-order chi connectivity index (χ0) is 15.0. The Morgan fingerprint density at radius 1 is 1.38 bits per heavy atom. The van der Waals surface area contributed by atoms with Crippen molar-refractivity contribution >= 4 is 11.7 Å². The third kappa shape index (κ3) is 2.61. The molecule has 1 aromatic heterocycles. The van der Waals surface area contributed by atoms with E-state index in [4.69, 9.17) is 0 Å². The van der Waals surface area contributed by atoms with Gasteiger partial charge in [0.25, 0.3) is 0 Å². The highest BCUT2D eigenvalue weighted by Gasteiger charge is 2.42. The van der Waals surface area contributed by atoms with Crippen molar-refractivity contribution in [3.63, 3.8) is 0 Å². The average Bonchev–Trinajstić information content (AvgIpc) is 2.90. The quantitative estimate of drug-likeness (QED) is 0.848. The molecule has 1 amide bonds. The molecule has 0 radical (unpaired) electrons. The van der Waals surface area contributed by atoms with Crippen molar-refractivity contribution in [3.05, 3.63) is 17.6 Å². The zero-order valence-corrected chi connectivity index (χ0v) is 13.2. The second-order valence-corrected chi connectivity index (χ2v) is 6.34. The van der Waals surface area contributed by atoms with E-state index < -0.39 is 0 Å². The van der Waals surface area contributed by atoms with Gasteiger partial charge in [0, 0.05) is 38.4 Å². The smallest absolute Gasteiger partial charge is 0.227 e. The molecule has 3 rings (SSSR count). The summed E-state index contributed by atoms with van der Waals surface area (Å²) in [7, 11) is 1.92. The molecule has 3 heterocycles. The van der Waals surface area contributed by atoms with Gasteiger partial charge in [-0.05, 0) is 25.7 Å². The van der Waals surface area contributed by atoms with Crippen LogP contribution < -0.4 is 4.90 Å². The lowest BCUT2D eigenvalue weighted by Crippen LogP contribution is -2.42. The summed E-state index contributed by atoms with van der Waals surface area (Å²) in [6.45, 7) is 6.75. The van der Waals surface area contributed by atoms with Gasteiger partial charge in [-0.15, -0.1) is 0 Å². The predicted octanol–water partition coefficient (Wildman–Crippen LogP) is 1.65. The van der Waals surface area contributed by atoms with E-state index in [0.717, 1.165) is 50.5 Å². The summed E-state index contributed by atoms with van der Waals surface area (Å²) in [6.07, 6.45) is 5.14. The minimum atomic E-state index is 0.147. The number of carbonyl (C=O) groups is 1. The van der Waals surface area contributed by atoms with Gasteiger partial charge in [0.2, 0.25) is 5.91 Å². The summed E-state index contributed by atoms with van der Waals surface area (Å²) >= 11 is 0. The lowest BCUT2D eigenvalue weighted by atomic mass is 9.88. The summed E-state index contributed by atoms with van der Waals surface area (Å²) in [5.41, 5.74) is 1.21. The topological polar surface area (TPSA) is 49.3 Å². The van der Waals surface area contributed by atoms with Crippen molar-refractivity contribution in [2.24, 2.45) is 11.8 Å². The van der Waals surface area contributed by atoms with E-state index in [2.05, 4.69) is 21.8 Å². The number of aryl methyl sites for hydroxylation is 2. The standard InChI is InChI=1S/C16H24N4O/c1-4-5-12-8-17-11(2)18-15(12)20-9-13-6-7-19(3)16(21)14(13)10-20/h8,13-14H,4-7,9-10H2,1-3H3/t13-,14+/m1/s1. The Bertz CT molecular complexity index is 545. The molecule has 2 atom stereocenters. The van der Waals surface area contributed by atoms with Crippen molar-refractivity contribution in [2.75, 3.05) is 31.6 Å². The number of hydrogen-bond acceptors (Lipinski definition) is 4. The summed E-state index contributed by atoms with van der Waals surface area (Å²) in [4.78, 5) is 25.5. The van der Waals surface area contributed by atoms with Gasteiger partial charge >= 0.3 is 0 Å². The molecule has 0 aliphatic carbocycles. The molecule has 0 N–H and O–H groups in total. The molecule has 0 spiro atoms. The van der Waals surface area contributed by atoms with E-state index in [0.29, 0.717) is 11.8 Å². The van der Waals surface area contributed by atoms with Crippen LogP contribution in [0.1, 0.15) is 31.2 Å². The van der Waals surface area contributed by atoms with E-state index >= 15 is 0 Å². The molecule has 2 saturated heterocycles. The molecule has 5 heteroatoms. The van der Waals surface area contributed by atoms with Gasteiger partial charge in [-0.1, -0.05) is 13.3 Å². The van der Waals surface area contributed by atoms with Crippen LogP contribution in [-0.4, -0.2) is 47.5 Å². The van der Waals surface area contributed by atoms with Gasteiger partial charge in [0.05, 0.1) is 5.92 Å². The van der Waals surface area contributed by atoms with Crippen LogP contribution >= 0.6 is 0 Å². The maximum Gasteiger partial charge on any atom is 0.227 e. The van der Waals surface area contributed by atoms with Crippen LogP contribution in [0.15, 0.2) is 6.20 Å². The Morgan fingerprint density at radius 2 is 2.19 bits per heavy atom. The van der Waals surface area contributed by atoms with Crippen LogP contribution in [0.4, 0.5) is 5.82 Å². The van der Waals surface area contributed by atoms with Crippen molar-refractivity contribution in [2.45, 2.75) is 33.1 Å². The molecule has 114 valence electrons. The maximum atomic E-state index is 12.3. The van der Waals surface area contributed by atoms with Gasteiger partial charge in [-0.25, -0.2) is 9.97 Å². The minimum absolute atomic E-state index is 0.147. The van der Waals surface area contributed by atoms with Gasteiger partial charge in [0.15, 0.2) is 0 Å². The van der Waals surface area contributed by atoms with Gasteiger partial charge in [-0.3, -0.25) is 4.79 Å². The minimum Gasteiger partial charge on any atom is -0.355 e. The van der Waals surface area contributed by atoms with Crippen LogP contribution in [-0.2, 0) is 11.2 Å². The number of aromatic nitrogens is 2. The third-order valence-corrected chi connectivity index (χ3v) is 4.75. The molecule has 5 nitrogen and oxygen atoms in total. The van der Waals surface area contributed by atoms with Crippen molar-refractivity contribution in [3.8, 4) is 0 Å². The Balaban J connectivity index is 1.86. The molecule has 0 aromatic carbocycles. The Kier molecular flexibility index (Phi) is 3.83. The van der Waals surface area contributed by atoms with E-state index in [1.807, 2.05) is 25.1 Å². The van der Waals surface area contributed by atoms with Crippen molar-refractivity contribution < 1.29 is 4.79 Å². The maximum absolute atomic E-state index is 12.3. The van der Waals surface area contributed by atoms with Crippen LogP contribution in [0, 0.1) is 18.8 Å². The van der Waals surface area contributed by atoms with E-state index in [1.165, 1.54) is 5.56 Å². The number of amides is 1. The van der Waals surface area contributed by atoms with Gasteiger partial charge < -0.3 is 9.80 Å². The molecule has 2 aliphatic heterocycles. The number of anilines is 1. The molecule has 0 unspecified atom stereocenters. The van der Waals surface area contributed by atoms with Crippen LogP contribution in [0.5, 0.6) is 0 Å². The number of rotatable bonds is 3. The Labute approximate surface area is 126 Å². The zero-order valence-electron chi connectivity index (χ0n) is 13.2. The first kappa shape index (κ1) is 14.3. The van der Waals surface area contributed by atoms with Crippen LogP contribution in [0.25, 0.3) is 0 Å². The van der Waals surface area contributed by atoms with Crippen LogP contribution in [0.3, 0.4) is 0 Å². The fourth-order valence-electron chi connectivity index (χ4n) is 3.57. The third-order valence-electron chi connectivity index (χ3n) is 4.75. The molecule has 0 saturated carbocycles. The average molecular weight is 288 g/mol. The predicted molar refractivity (Wildman–Crippen MR) is 82.2 cm³/mol. The fraction of sp³-hybridized carbons (Fsp3) is 0.688. The van der Waals surface area contributed by atoms with Gasteiger partial charge in [0.1, 0.15) is 11.6 Å². The Morgan fingerprint density at radius 3 is 2.95 bits per heavy atom. The number of hydrogen-bond donors (Lipinski definition) is 0. The number of nitrogens with zero attached hydrogens (tertiary/aromatic N) is 4. The van der Waals surface area contributed by atoms with Gasteiger partial charge in [-0.2, -0.15) is 0 Å². The molecule has 21 heavy (non-hydrogen) atoms. The first-order valence-electron chi connectivity index (χ1n) is 7.92. The monoisotopic (exact) mass is 288 g/mol. The summed E-state index contributed by atoms with van der Waals surface area (Å²) < 4.78 is 0. The number of fused-ring (bicyclic) bond motifs is 1. The number of piperidine rings is 1. The number of likely N-dealkylation sites (tertiary alicyclic amines) is 1. The largest absolute Gasteiger partial charge is 0.355 e. The second-order valence-electron chi connectivity index (χ2n) is 6.34. The first-order valence-corrected chi connectivity index (χ1v) is 7.92. The molecule has 2 fully saturated rings. The van der Waals surface area contributed by atoms with Crippen LogP contribution in [0.2, 0.25) is 0 Å². The van der Waals surface area contributed by atoms with Crippen molar-refractivity contribution in [1.82, 2.24) is 14.9 Å². The molecular formula is C16H24N4O.